The number of halogens is 1. The minimum Gasteiger partial charge on any atom is -0.495 e. The molecule has 1 heterocycles. The first-order valence-corrected chi connectivity index (χ1v) is 13.8. The van der Waals surface area contributed by atoms with E-state index in [-0.39, 0.29) is 22.1 Å². The number of sulfonamides is 2. The van der Waals surface area contributed by atoms with E-state index in [9.17, 15) is 26.0 Å². The van der Waals surface area contributed by atoms with E-state index in [4.69, 9.17) is 4.74 Å². The molecule has 1 fully saturated rings. The number of anilines is 1. The third kappa shape index (κ3) is 6.16. The van der Waals surface area contributed by atoms with E-state index in [2.05, 4.69) is 10.2 Å². The summed E-state index contributed by atoms with van der Waals surface area (Å²) in [7, 11) is -4.68. The number of carbonyl (C=O) groups excluding carboxylic acids is 1. The summed E-state index contributed by atoms with van der Waals surface area (Å²) in [6, 6.07) is 8.81. The minimum atomic E-state index is -4.23. The van der Waals surface area contributed by atoms with Gasteiger partial charge in [0.15, 0.2) is 0 Å². The second-order valence-electron chi connectivity index (χ2n) is 8.01. The van der Waals surface area contributed by atoms with Crippen molar-refractivity contribution in [3.05, 3.63) is 48.3 Å². The number of hydrogen-bond donors (Lipinski definition) is 1. The average molecular weight is 529 g/mol. The number of carbonyl (C=O) groups is 1. The number of nitrogens with zero attached hydrogens (tertiary/aromatic N) is 3. The SMILES string of the molecule is CCN(CC(=O)Nc1ccc(S(=O)(=O)N2CCN(C)CC2)cc1)S(=O)(=O)c1cc(F)ccc1OC. The van der Waals surface area contributed by atoms with Crippen molar-refractivity contribution in [3.8, 4) is 5.75 Å². The molecule has 2 aromatic rings. The fraction of sp³-hybridized carbons (Fsp3) is 0.409. The normalized spacial score (nSPS) is 15.8. The van der Waals surface area contributed by atoms with E-state index in [0.29, 0.717) is 31.9 Å². The van der Waals surface area contributed by atoms with Crippen LogP contribution < -0.4 is 10.1 Å². The summed E-state index contributed by atoms with van der Waals surface area (Å²) in [6.45, 7) is 3.06. The lowest BCUT2D eigenvalue weighted by molar-refractivity contribution is -0.116. The summed E-state index contributed by atoms with van der Waals surface area (Å²) in [4.78, 5) is 14.4. The Labute approximate surface area is 205 Å². The lowest BCUT2D eigenvalue weighted by atomic mass is 10.3. The number of ether oxygens (including phenoxy) is 1. The number of likely N-dealkylation sites (N-methyl/N-ethyl adjacent to an activating group) is 2. The van der Waals surface area contributed by atoms with Gasteiger partial charge in [-0.1, -0.05) is 6.92 Å². The molecule has 0 atom stereocenters. The highest BCUT2D eigenvalue weighted by Gasteiger charge is 2.30. The Hall–Kier alpha value is -2.58. The van der Waals surface area contributed by atoms with Crippen LogP contribution in [0.15, 0.2) is 52.3 Å². The third-order valence-electron chi connectivity index (χ3n) is 5.65. The van der Waals surface area contributed by atoms with Crippen molar-refractivity contribution in [2.75, 3.05) is 58.7 Å². The van der Waals surface area contributed by atoms with Crippen molar-refractivity contribution in [2.45, 2.75) is 16.7 Å². The van der Waals surface area contributed by atoms with Gasteiger partial charge in [0.2, 0.25) is 26.0 Å². The zero-order valence-corrected chi connectivity index (χ0v) is 21.4. The highest BCUT2D eigenvalue weighted by atomic mass is 32.2. The number of piperazine rings is 1. The van der Waals surface area contributed by atoms with E-state index < -0.39 is 38.3 Å². The van der Waals surface area contributed by atoms with Gasteiger partial charge in [0.25, 0.3) is 0 Å². The standard InChI is InChI=1S/C22H29FN4O6S2/c1-4-26(35(31,32)21-15-17(23)5-10-20(21)33-3)16-22(28)24-18-6-8-19(9-7-18)34(29,30)27-13-11-25(2)12-14-27/h5-10,15H,4,11-14,16H2,1-3H3,(H,24,28). The summed E-state index contributed by atoms with van der Waals surface area (Å²) >= 11 is 0. The van der Waals surface area contributed by atoms with Gasteiger partial charge in [-0.2, -0.15) is 8.61 Å². The van der Waals surface area contributed by atoms with Crippen LogP contribution in [0.4, 0.5) is 10.1 Å². The minimum absolute atomic E-state index is 0.0394. The molecule has 10 nitrogen and oxygen atoms in total. The second kappa shape index (κ2) is 11.0. The molecule has 3 rings (SSSR count). The van der Waals surface area contributed by atoms with Gasteiger partial charge in [-0.3, -0.25) is 4.79 Å². The van der Waals surface area contributed by atoms with Gasteiger partial charge in [0.05, 0.1) is 18.6 Å². The Balaban J connectivity index is 1.70. The molecule has 0 unspecified atom stereocenters. The first-order valence-electron chi connectivity index (χ1n) is 10.9. The highest BCUT2D eigenvalue weighted by molar-refractivity contribution is 7.89. The molecule has 1 saturated heterocycles. The molecule has 0 spiro atoms. The number of rotatable bonds is 9. The van der Waals surface area contributed by atoms with E-state index in [0.717, 1.165) is 16.4 Å². The Morgan fingerprint density at radius 3 is 2.26 bits per heavy atom. The first kappa shape index (κ1) is 27.0. The van der Waals surface area contributed by atoms with Crippen LogP contribution in [-0.4, -0.2) is 89.7 Å². The first-order chi connectivity index (χ1) is 16.5. The number of benzene rings is 2. The molecule has 1 aliphatic heterocycles. The molecule has 2 aromatic carbocycles. The van der Waals surface area contributed by atoms with Gasteiger partial charge >= 0.3 is 0 Å². The summed E-state index contributed by atoms with van der Waals surface area (Å²) in [5, 5.41) is 2.57. The van der Waals surface area contributed by atoms with Crippen molar-refractivity contribution in [1.29, 1.82) is 0 Å². The predicted octanol–water partition coefficient (Wildman–Crippen LogP) is 1.42. The van der Waals surface area contributed by atoms with Crippen molar-refractivity contribution in [2.24, 2.45) is 0 Å². The molecule has 1 aliphatic rings. The zero-order valence-electron chi connectivity index (χ0n) is 19.8. The number of amides is 1. The zero-order chi connectivity index (χ0) is 25.8. The Bertz CT molecular complexity index is 1260. The van der Waals surface area contributed by atoms with Crippen molar-refractivity contribution in [1.82, 2.24) is 13.5 Å². The molecule has 0 bridgehead atoms. The maximum atomic E-state index is 13.7. The third-order valence-corrected chi connectivity index (χ3v) is 9.51. The van der Waals surface area contributed by atoms with Crippen LogP contribution >= 0.6 is 0 Å². The fourth-order valence-electron chi connectivity index (χ4n) is 3.61. The van der Waals surface area contributed by atoms with Crippen LogP contribution in [0.5, 0.6) is 5.75 Å². The molecular formula is C22H29FN4O6S2. The molecule has 0 aliphatic carbocycles. The summed E-state index contributed by atoms with van der Waals surface area (Å²) in [5.41, 5.74) is 0.309. The van der Waals surface area contributed by atoms with Crippen LogP contribution in [0, 0.1) is 5.82 Å². The molecule has 0 saturated carbocycles. The van der Waals surface area contributed by atoms with E-state index >= 15 is 0 Å². The topological polar surface area (TPSA) is 116 Å². The average Bonchev–Trinajstić information content (AvgIpc) is 2.83. The van der Waals surface area contributed by atoms with Gasteiger partial charge in [-0.05, 0) is 49.5 Å². The maximum Gasteiger partial charge on any atom is 0.247 e. The van der Waals surface area contributed by atoms with Gasteiger partial charge in [0, 0.05) is 38.4 Å². The van der Waals surface area contributed by atoms with Crippen LogP contribution in [0.1, 0.15) is 6.92 Å². The van der Waals surface area contributed by atoms with Crippen LogP contribution in [-0.2, 0) is 24.8 Å². The van der Waals surface area contributed by atoms with Gasteiger partial charge in [-0.25, -0.2) is 21.2 Å². The van der Waals surface area contributed by atoms with E-state index in [1.807, 2.05) is 7.05 Å². The van der Waals surface area contributed by atoms with Crippen molar-refractivity contribution < 1.29 is 30.8 Å². The second-order valence-corrected chi connectivity index (χ2v) is 11.9. The molecule has 192 valence electrons. The summed E-state index contributed by atoms with van der Waals surface area (Å²) in [5.74, 6) is -1.43. The Morgan fingerprint density at radius 1 is 1.06 bits per heavy atom. The predicted molar refractivity (Wildman–Crippen MR) is 129 cm³/mol. The number of methoxy groups -OCH3 is 1. The van der Waals surface area contributed by atoms with Crippen molar-refractivity contribution >= 4 is 31.6 Å². The van der Waals surface area contributed by atoms with Gasteiger partial charge in [-0.15, -0.1) is 0 Å². The van der Waals surface area contributed by atoms with Crippen molar-refractivity contribution in [3.63, 3.8) is 0 Å². The Morgan fingerprint density at radius 2 is 1.69 bits per heavy atom. The molecular weight excluding hydrogens is 499 g/mol. The van der Waals surface area contributed by atoms with Crippen LogP contribution in [0.2, 0.25) is 0 Å². The Kier molecular flexibility index (Phi) is 8.49. The van der Waals surface area contributed by atoms with E-state index in [1.165, 1.54) is 41.7 Å². The van der Waals surface area contributed by atoms with Crippen LogP contribution in [0.25, 0.3) is 0 Å². The van der Waals surface area contributed by atoms with Gasteiger partial charge in [0.1, 0.15) is 16.5 Å². The summed E-state index contributed by atoms with van der Waals surface area (Å²) < 4.78 is 72.8. The quantitative estimate of drug-likeness (QED) is 0.523. The fourth-order valence-corrected chi connectivity index (χ4v) is 6.60. The van der Waals surface area contributed by atoms with E-state index in [1.54, 1.807) is 6.92 Å². The highest BCUT2D eigenvalue weighted by Crippen LogP contribution is 2.27. The lowest BCUT2D eigenvalue weighted by Crippen LogP contribution is -2.46. The molecule has 0 radical (unpaired) electrons. The molecule has 1 amide bonds. The smallest absolute Gasteiger partial charge is 0.247 e. The summed E-state index contributed by atoms with van der Waals surface area (Å²) in [6.07, 6.45) is 0. The number of hydrogen-bond acceptors (Lipinski definition) is 7. The number of nitrogens with one attached hydrogen (secondary N) is 1. The maximum absolute atomic E-state index is 13.7. The van der Waals surface area contributed by atoms with Crippen LogP contribution in [0.3, 0.4) is 0 Å². The molecule has 13 heteroatoms. The molecule has 35 heavy (non-hydrogen) atoms. The molecule has 1 N–H and O–H groups in total. The molecule has 0 aromatic heterocycles. The lowest BCUT2D eigenvalue weighted by Gasteiger charge is -2.31. The monoisotopic (exact) mass is 528 g/mol. The largest absolute Gasteiger partial charge is 0.495 e. The van der Waals surface area contributed by atoms with Gasteiger partial charge < -0.3 is 15.0 Å².